The van der Waals surface area contributed by atoms with Crippen molar-refractivity contribution in [1.29, 1.82) is 0 Å². The Labute approximate surface area is 165 Å². The van der Waals surface area contributed by atoms with E-state index in [-0.39, 0.29) is 16.1 Å². The van der Waals surface area contributed by atoms with Crippen molar-refractivity contribution in [2.24, 2.45) is 0 Å². The number of rotatable bonds is 4. The van der Waals surface area contributed by atoms with Gasteiger partial charge in [0.1, 0.15) is 5.82 Å². The first kappa shape index (κ1) is 18.9. The van der Waals surface area contributed by atoms with Crippen LogP contribution in [0.3, 0.4) is 0 Å². The van der Waals surface area contributed by atoms with Crippen molar-refractivity contribution in [3.63, 3.8) is 0 Å². The first-order valence-corrected chi connectivity index (χ1v) is 9.28. The molecule has 0 spiro atoms. The number of halogens is 4. The van der Waals surface area contributed by atoms with Crippen LogP contribution in [0.1, 0.15) is 22.4 Å². The van der Waals surface area contributed by atoms with E-state index < -0.39 is 18.2 Å². The minimum absolute atomic E-state index is 0.0786. The molecule has 28 heavy (non-hydrogen) atoms. The number of nitrogens with zero attached hydrogens (tertiary/aromatic N) is 2. The van der Waals surface area contributed by atoms with E-state index in [9.17, 15) is 13.2 Å². The van der Waals surface area contributed by atoms with Crippen LogP contribution in [0, 0.1) is 5.82 Å². The summed E-state index contributed by atoms with van der Waals surface area (Å²) in [7, 11) is 0. The molecule has 2 aromatic carbocycles. The zero-order chi connectivity index (χ0) is 19.7. The molecular formula is C21H17ClF3N3. The zero-order valence-corrected chi connectivity index (χ0v) is 15.6. The third kappa shape index (κ3) is 3.88. The van der Waals surface area contributed by atoms with Crippen LogP contribution in [0.4, 0.5) is 13.2 Å². The van der Waals surface area contributed by atoms with E-state index in [1.54, 1.807) is 18.3 Å². The van der Waals surface area contributed by atoms with E-state index in [1.807, 2.05) is 0 Å². The molecule has 0 fully saturated rings. The molecule has 0 saturated carbocycles. The molecule has 1 N–H and O–H groups in total. The summed E-state index contributed by atoms with van der Waals surface area (Å²) in [5.74, 6) is -3.43. The van der Waals surface area contributed by atoms with Crippen molar-refractivity contribution < 1.29 is 13.2 Å². The monoisotopic (exact) mass is 403 g/mol. The number of hydrogen-bond acceptors (Lipinski definition) is 3. The molecule has 0 aliphatic carbocycles. The lowest BCUT2D eigenvalue weighted by molar-refractivity contribution is -0.00460. The summed E-state index contributed by atoms with van der Waals surface area (Å²) in [6.07, 6.45) is 1.85. The normalized spacial score (nSPS) is 14.0. The topological polar surface area (TPSA) is 37.8 Å². The third-order valence-corrected chi connectivity index (χ3v) is 5.04. The number of alkyl halides is 2. The van der Waals surface area contributed by atoms with Crippen molar-refractivity contribution in [2.45, 2.75) is 25.3 Å². The first-order chi connectivity index (χ1) is 13.4. The molecule has 0 amide bonds. The number of fused-ring (bicyclic) bond motifs is 1. The standard InChI is InChI=1S/C21H17ClF3N3/c22-17-6-3-14(18(23)9-17)10-21(24,25)16-4-1-13(2-5-16)20-27-12-15-11-26-8-7-19(15)28-20/h1-6,9,12,26H,7-8,10-11H2. The van der Waals surface area contributed by atoms with Crippen molar-refractivity contribution in [2.75, 3.05) is 6.54 Å². The summed E-state index contributed by atoms with van der Waals surface area (Å²) in [6.45, 7) is 1.60. The van der Waals surface area contributed by atoms with Gasteiger partial charge in [-0.15, -0.1) is 0 Å². The molecule has 2 heterocycles. The Balaban J connectivity index is 1.56. The average molecular weight is 404 g/mol. The highest BCUT2D eigenvalue weighted by Gasteiger charge is 2.33. The largest absolute Gasteiger partial charge is 0.312 e. The molecular weight excluding hydrogens is 387 g/mol. The average Bonchev–Trinajstić information content (AvgIpc) is 2.70. The van der Waals surface area contributed by atoms with Gasteiger partial charge in [0.2, 0.25) is 0 Å². The van der Waals surface area contributed by atoms with E-state index in [0.717, 1.165) is 36.8 Å². The van der Waals surface area contributed by atoms with Crippen molar-refractivity contribution >= 4 is 11.6 Å². The molecule has 1 aromatic heterocycles. The van der Waals surface area contributed by atoms with Crippen molar-refractivity contribution in [3.8, 4) is 11.4 Å². The molecule has 0 unspecified atom stereocenters. The van der Waals surface area contributed by atoms with Crippen LogP contribution in [0.2, 0.25) is 5.02 Å². The molecule has 0 atom stereocenters. The van der Waals surface area contributed by atoms with E-state index in [1.165, 1.54) is 24.3 Å². The van der Waals surface area contributed by atoms with Gasteiger partial charge in [0.05, 0.1) is 5.69 Å². The molecule has 144 valence electrons. The highest BCUT2D eigenvalue weighted by atomic mass is 35.5. The smallest absolute Gasteiger partial charge is 0.277 e. The Morgan fingerprint density at radius 1 is 1.11 bits per heavy atom. The lowest BCUT2D eigenvalue weighted by atomic mass is 9.98. The Hall–Kier alpha value is -2.44. The second-order valence-corrected chi connectivity index (χ2v) is 7.22. The van der Waals surface area contributed by atoms with E-state index in [4.69, 9.17) is 11.6 Å². The summed E-state index contributed by atoms with van der Waals surface area (Å²) in [5, 5.41) is 3.43. The van der Waals surface area contributed by atoms with Crippen LogP contribution in [0.5, 0.6) is 0 Å². The van der Waals surface area contributed by atoms with Crippen LogP contribution in [0.25, 0.3) is 11.4 Å². The van der Waals surface area contributed by atoms with Gasteiger partial charge in [0, 0.05) is 53.8 Å². The second kappa shape index (κ2) is 7.53. The minimum Gasteiger partial charge on any atom is -0.312 e. The van der Waals surface area contributed by atoms with E-state index in [0.29, 0.717) is 11.4 Å². The van der Waals surface area contributed by atoms with Gasteiger partial charge >= 0.3 is 0 Å². The van der Waals surface area contributed by atoms with E-state index >= 15 is 0 Å². The molecule has 0 bridgehead atoms. The molecule has 4 rings (SSSR count). The lowest BCUT2D eigenvalue weighted by Gasteiger charge is -2.18. The van der Waals surface area contributed by atoms with Gasteiger partial charge in [-0.2, -0.15) is 0 Å². The van der Waals surface area contributed by atoms with Crippen LogP contribution < -0.4 is 5.32 Å². The Bertz CT molecular complexity index is 1010. The molecule has 1 aliphatic heterocycles. The fourth-order valence-corrected chi connectivity index (χ4v) is 3.40. The summed E-state index contributed by atoms with van der Waals surface area (Å²) in [4.78, 5) is 8.90. The quantitative estimate of drug-likeness (QED) is 0.672. The molecule has 7 heteroatoms. The predicted octanol–water partition coefficient (Wildman–Crippen LogP) is 4.92. The summed E-state index contributed by atoms with van der Waals surface area (Å²) < 4.78 is 43.2. The van der Waals surface area contributed by atoms with Gasteiger partial charge in [0.25, 0.3) is 5.92 Å². The van der Waals surface area contributed by atoms with Gasteiger partial charge in [-0.1, -0.05) is 41.9 Å². The maximum absolute atomic E-state index is 14.6. The maximum atomic E-state index is 14.6. The molecule has 1 aliphatic rings. The van der Waals surface area contributed by atoms with Crippen LogP contribution >= 0.6 is 11.6 Å². The summed E-state index contributed by atoms with van der Waals surface area (Å²) >= 11 is 5.68. The molecule has 3 aromatic rings. The minimum atomic E-state index is -3.21. The number of aromatic nitrogens is 2. The first-order valence-electron chi connectivity index (χ1n) is 8.90. The molecule has 0 saturated heterocycles. The van der Waals surface area contributed by atoms with Crippen LogP contribution in [-0.2, 0) is 25.3 Å². The van der Waals surface area contributed by atoms with Crippen LogP contribution in [0.15, 0.2) is 48.7 Å². The molecule has 0 radical (unpaired) electrons. The summed E-state index contributed by atoms with van der Waals surface area (Å²) in [5.41, 5.74) is 2.44. The van der Waals surface area contributed by atoms with Gasteiger partial charge < -0.3 is 5.32 Å². The predicted molar refractivity (Wildman–Crippen MR) is 102 cm³/mol. The number of benzene rings is 2. The Morgan fingerprint density at radius 3 is 2.64 bits per heavy atom. The van der Waals surface area contributed by atoms with Crippen LogP contribution in [-0.4, -0.2) is 16.5 Å². The molecule has 3 nitrogen and oxygen atoms in total. The Kier molecular flexibility index (Phi) is 5.08. The number of hydrogen-bond donors (Lipinski definition) is 1. The van der Waals surface area contributed by atoms with Gasteiger partial charge in [0.15, 0.2) is 5.82 Å². The number of nitrogens with one attached hydrogen (secondary N) is 1. The summed E-state index contributed by atoms with van der Waals surface area (Å²) in [6, 6.07) is 9.56. The second-order valence-electron chi connectivity index (χ2n) is 6.79. The third-order valence-electron chi connectivity index (χ3n) is 4.80. The van der Waals surface area contributed by atoms with Gasteiger partial charge in [-0.25, -0.2) is 23.1 Å². The van der Waals surface area contributed by atoms with Crippen molar-refractivity contribution in [1.82, 2.24) is 15.3 Å². The lowest BCUT2D eigenvalue weighted by Crippen LogP contribution is -2.25. The fraction of sp³-hybridized carbons (Fsp3) is 0.238. The SMILES string of the molecule is Fc1cc(Cl)ccc1CC(F)(F)c1ccc(-c2ncc3c(n2)CCNC3)cc1. The zero-order valence-electron chi connectivity index (χ0n) is 14.9. The van der Waals surface area contributed by atoms with Gasteiger partial charge in [-0.3, -0.25) is 0 Å². The fourth-order valence-electron chi connectivity index (χ4n) is 3.24. The van der Waals surface area contributed by atoms with Crippen molar-refractivity contribution in [3.05, 3.63) is 81.9 Å². The van der Waals surface area contributed by atoms with E-state index in [2.05, 4.69) is 15.3 Å². The maximum Gasteiger partial charge on any atom is 0.277 e. The Morgan fingerprint density at radius 2 is 1.89 bits per heavy atom. The highest BCUT2D eigenvalue weighted by molar-refractivity contribution is 6.30. The van der Waals surface area contributed by atoms with Gasteiger partial charge in [-0.05, 0) is 17.7 Å². The highest BCUT2D eigenvalue weighted by Crippen LogP contribution is 2.34.